The minimum Gasteiger partial charge on any atom is -0.481 e. The van der Waals surface area contributed by atoms with Crippen molar-refractivity contribution in [2.75, 3.05) is 6.54 Å². The van der Waals surface area contributed by atoms with E-state index in [4.69, 9.17) is 16.7 Å². The van der Waals surface area contributed by atoms with Gasteiger partial charge in [-0.15, -0.1) is 0 Å². The highest BCUT2D eigenvalue weighted by Gasteiger charge is 2.08. The molecular weight excluding hydrogens is 280 g/mol. The zero-order valence-electron chi connectivity index (χ0n) is 11.4. The van der Waals surface area contributed by atoms with Crippen molar-refractivity contribution in [1.82, 2.24) is 10.6 Å². The van der Waals surface area contributed by atoms with Crippen molar-refractivity contribution in [1.29, 1.82) is 0 Å². The van der Waals surface area contributed by atoms with Crippen LogP contribution in [0.25, 0.3) is 0 Å². The van der Waals surface area contributed by atoms with Gasteiger partial charge in [0.15, 0.2) is 0 Å². The van der Waals surface area contributed by atoms with Crippen molar-refractivity contribution in [3.63, 3.8) is 0 Å². The summed E-state index contributed by atoms with van der Waals surface area (Å²) in [5, 5.41) is 14.6. The van der Waals surface area contributed by atoms with Crippen LogP contribution in [0.1, 0.15) is 37.8 Å². The molecule has 0 aliphatic heterocycles. The van der Waals surface area contributed by atoms with E-state index in [2.05, 4.69) is 10.6 Å². The Morgan fingerprint density at radius 2 is 1.90 bits per heavy atom. The monoisotopic (exact) mass is 298 g/mol. The molecule has 0 bridgehead atoms. The number of urea groups is 1. The number of benzene rings is 1. The van der Waals surface area contributed by atoms with Crippen LogP contribution in [-0.4, -0.2) is 23.7 Å². The second-order valence-electron chi connectivity index (χ2n) is 4.52. The molecule has 5 nitrogen and oxygen atoms in total. The average molecular weight is 299 g/mol. The minimum absolute atomic E-state index is 0.119. The number of halogens is 1. The van der Waals surface area contributed by atoms with Crippen LogP contribution in [0, 0.1) is 0 Å². The molecule has 0 aliphatic rings. The standard InChI is InChI=1S/C14H19ClN2O3/c1-10(11-5-7-12(15)8-6-11)17-14(20)16-9-3-2-4-13(18)19/h5-8,10H,2-4,9H2,1H3,(H,18,19)(H2,16,17,20). The second kappa shape index (κ2) is 8.43. The molecule has 6 heteroatoms. The Labute approximate surface area is 123 Å². The molecule has 20 heavy (non-hydrogen) atoms. The molecule has 0 radical (unpaired) electrons. The van der Waals surface area contributed by atoms with Gasteiger partial charge in [0.1, 0.15) is 0 Å². The molecule has 1 unspecified atom stereocenters. The van der Waals surface area contributed by atoms with E-state index in [9.17, 15) is 9.59 Å². The lowest BCUT2D eigenvalue weighted by Crippen LogP contribution is -2.37. The number of carbonyl (C=O) groups excluding carboxylic acids is 1. The lowest BCUT2D eigenvalue weighted by Gasteiger charge is -2.15. The minimum atomic E-state index is -0.814. The number of amides is 2. The first kappa shape index (κ1) is 16.3. The molecule has 1 rings (SSSR count). The van der Waals surface area contributed by atoms with Crippen LogP contribution in [0.5, 0.6) is 0 Å². The van der Waals surface area contributed by atoms with E-state index >= 15 is 0 Å². The molecule has 0 aliphatic carbocycles. The lowest BCUT2D eigenvalue weighted by atomic mass is 10.1. The summed E-state index contributed by atoms with van der Waals surface area (Å²) in [6, 6.07) is 6.90. The van der Waals surface area contributed by atoms with Gasteiger partial charge in [0.25, 0.3) is 0 Å². The second-order valence-corrected chi connectivity index (χ2v) is 4.96. The zero-order chi connectivity index (χ0) is 15.0. The van der Waals surface area contributed by atoms with E-state index in [0.29, 0.717) is 24.4 Å². The summed E-state index contributed by atoms with van der Waals surface area (Å²) >= 11 is 5.80. The summed E-state index contributed by atoms with van der Waals surface area (Å²) in [5.41, 5.74) is 0.968. The Bertz CT molecular complexity index is 448. The van der Waals surface area contributed by atoms with Crippen LogP contribution in [-0.2, 0) is 4.79 Å². The number of carbonyl (C=O) groups is 2. The first-order valence-corrected chi connectivity index (χ1v) is 6.88. The van der Waals surface area contributed by atoms with Gasteiger partial charge in [-0.3, -0.25) is 4.79 Å². The maximum Gasteiger partial charge on any atom is 0.315 e. The fourth-order valence-electron chi connectivity index (χ4n) is 1.69. The van der Waals surface area contributed by atoms with Crippen molar-refractivity contribution in [2.24, 2.45) is 0 Å². The Morgan fingerprint density at radius 3 is 2.50 bits per heavy atom. The zero-order valence-corrected chi connectivity index (χ0v) is 12.1. The van der Waals surface area contributed by atoms with Crippen LogP contribution in [0.15, 0.2) is 24.3 Å². The maximum absolute atomic E-state index is 11.6. The molecule has 2 amide bonds. The Morgan fingerprint density at radius 1 is 1.25 bits per heavy atom. The predicted molar refractivity (Wildman–Crippen MR) is 77.9 cm³/mol. The summed E-state index contributed by atoms with van der Waals surface area (Å²) in [4.78, 5) is 21.9. The van der Waals surface area contributed by atoms with Crippen molar-refractivity contribution in [3.8, 4) is 0 Å². The summed E-state index contributed by atoms with van der Waals surface area (Å²) < 4.78 is 0. The molecule has 1 aromatic carbocycles. The molecule has 0 saturated carbocycles. The fraction of sp³-hybridized carbons (Fsp3) is 0.429. The highest BCUT2D eigenvalue weighted by atomic mass is 35.5. The molecule has 0 fully saturated rings. The number of aliphatic carboxylic acids is 1. The van der Waals surface area contributed by atoms with Gasteiger partial charge in [-0.2, -0.15) is 0 Å². The smallest absolute Gasteiger partial charge is 0.315 e. The van der Waals surface area contributed by atoms with Crippen LogP contribution in [0.2, 0.25) is 5.02 Å². The number of hydrogen-bond acceptors (Lipinski definition) is 2. The molecule has 0 saturated heterocycles. The predicted octanol–water partition coefficient (Wildman–Crippen LogP) is 2.96. The lowest BCUT2D eigenvalue weighted by molar-refractivity contribution is -0.137. The normalized spacial score (nSPS) is 11.7. The fourth-order valence-corrected chi connectivity index (χ4v) is 1.81. The third-order valence-electron chi connectivity index (χ3n) is 2.82. The number of nitrogens with one attached hydrogen (secondary N) is 2. The number of unbranched alkanes of at least 4 members (excludes halogenated alkanes) is 1. The summed E-state index contributed by atoms with van der Waals surface area (Å²) in [6.45, 7) is 2.35. The quantitative estimate of drug-likeness (QED) is 0.677. The van der Waals surface area contributed by atoms with Gasteiger partial charge in [-0.1, -0.05) is 23.7 Å². The van der Waals surface area contributed by atoms with Gasteiger partial charge in [0.2, 0.25) is 0 Å². The molecule has 110 valence electrons. The number of carboxylic acid groups (broad SMARTS) is 1. The van der Waals surface area contributed by atoms with E-state index in [1.165, 1.54) is 0 Å². The van der Waals surface area contributed by atoms with E-state index in [1.54, 1.807) is 12.1 Å². The van der Waals surface area contributed by atoms with Gasteiger partial charge < -0.3 is 15.7 Å². The highest BCUT2D eigenvalue weighted by molar-refractivity contribution is 6.30. The Kier molecular flexibility index (Phi) is 6.87. The number of rotatable bonds is 7. The molecule has 1 atom stereocenters. The van der Waals surface area contributed by atoms with E-state index in [-0.39, 0.29) is 18.5 Å². The first-order chi connectivity index (χ1) is 9.49. The molecule has 0 spiro atoms. The Hall–Kier alpha value is -1.75. The van der Waals surface area contributed by atoms with E-state index in [0.717, 1.165) is 5.56 Å². The van der Waals surface area contributed by atoms with Gasteiger partial charge >= 0.3 is 12.0 Å². The topological polar surface area (TPSA) is 78.4 Å². The highest BCUT2D eigenvalue weighted by Crippen LogP contribution is 2.15. The van der Waals surface area contributed by atoms with Crippen LogP contribution in [0.3, 0.4) is 0 Å². The largest absolute Gasteiger partial charge is 0.481 e. The molecular formula is C14H19ClN2O3. The first-order valence-electron chi connectivity index (χ1n) is 6.50. The number of hydrogen-bond donors (Lipinski definition) is 3. The Balaban J connectivity index is 2.24. The van der Waals surface area contributed by atoms with Crippen LogP contribution < -0.4 is 10.6 Å². The third kappa shape index (κ3) is 6.43. The average Bonchev–Trinajstić information content (AvgIpc) is 2.38. The van der Waals surface area contributed by atoms with Crippen molar-refractivity contribution in [3.05, 3.63) is 34.9 Å². The van der Waals surface area contributed by atoms with Crippen molar-refractivity contribution >= 4 is 23.6 Å². The SMILES string of the molecule is CC(NC(=O)NCCCCC(=O)O)c1ccc(Cl)cc1. The molecule has 0 aromatic heterocycles. The maximum atomic E-state index is 11.6. The molecule has 1 aromatic rings. The third-order valence-corrected chi connectivity index (χ3v) is 3.07. The summed E-state index contributed by atoms with van der Waals surface area (Å²) in [7, 11) is 0. The van der Waals surface area contributed by atoms with Gasteiger partial charge in [-0.05, 0) is 37.5 Å². The van der Waals surface area contributed by atoms with Gasteiger partial charge in [0, 0.05) is 18.0 Å². The van der Waals surface area contributed by atoms with E-state index < -0.39 is 5.97 Å². The molecule has 0 heterocycles. The number of carboxylic acids is 1. The van der Waals surface area contributed by atoms with Crippen LogP contribution >= 0.6 is 11.6 Å². The van der Waals surface area contributed by atoms with Crippen molar-refractivity contribution in [2.45, 2.75) is 32.2 Å². The van der Waals surface area contributed by atoms with E-state index in [1.807, 2.05) is 19.1 Å². The summed E-state index contributed by atoms with van der Waals surface area (Å²) in [6.07, 6.45) is 1.34. The van der Waals surface area contributed by atoms with Crippen molar-refractivity contribution < 1.29 is 14.7 Å². The van der Waals surface area contributed by atoms with Gasteiger partial charge in [-0.25, -0.2) is 4.79 Å². The van der Waals surface area contributed by atoms with Gasteiger partial charge in [0.05, 0.1) is 6.04 Å². The molecule has 3 N–H and O–H groups in total. The van der Waals surface area contributed by atoms with Crippen LogP contribution in [0.4, 0.5) is 4.79 Å². The summed E-state index contributed by atoms with van der Waals surface area (Å²) in [5.74, 6) is -0.814.